The summed E-state index contributed by atoms with van der Waals surface area (Å²) in [6.45, 7) is 0. The molecule has 0 N–H and O–H groups in total. The zero-order valence-electron chi connectivity index (χ0n) is 22.8. The molecule has 198 valence electrons. The second kappa shape index (κ2) is 9.83. The van der Waals surface area contributed by atoms with Crippen LogP contribution in [0.25, 0.3) is 33.5 Å². The molecule has 0 amide bonds. The summed E-state index contributed by atoms with van der Waals surface area (Å²) in [4.78, 5) is 10.2. The lowest BCUT2D eigenvalue weighted by molar-refractivity contribution is 0.434. The van der Waals surface area contributed by atoms with E-state index in [4.69, 9.17) is 14.7 Å². The lowest BCUT2D eigenvalue weighted by Gasteiger charge is -2.41. The van der Waals surface area contributed by atoms with E-state index in [0.717, 1.165) is 50.3 Å². The number of rotatable bonds is 4. The minimum absolute atomic E-state index is 0.595. The largest absolute Gasteiger partial charge is 0.457 e. The van der Waals surface area contributed by atoms with Crippen molar-refractivity contribution in [3.63, 3.8) is 0 Å². The van der Waals surface area contributed by atoms with Gasteiger partial charge in [-0.3, -0.25) is 0 Å². The standard InChI is InChI=1S/C39H26N2O/c1-4-14-27(15-5-1)37-31-20-10-12-22-34(31)40-38(41-37)28-24-25-36-33(26-28)39(29-16-6-2-7-17-29,30-18-8-3-9-19-30)32-21-11-13-23-35(32)42-36/h1-26H. The van der Waals surface area contributed by atoms with Gasteiger partial charge in [-0.1, -0.05) is 127 Å². The van der Waals surface area contributed by atoms with Crippen LogP contribution in [0.15, 0.2) is 158 Å². The summed E-state index contributed by atoms with van der Waals surface area (Å²) >= 11 is 0. The Morgan fingerprint density at radius 2 is 1.05 bits per heavy atom. The molecule has 7 aromatic rings. The fourth-order valence-electron chi connectivity index (χ4n) is 6.37. The van der Waals surface area contributed by atoms with Crippen LogP contribution in [0.4, 0.5) is 0 Å². The molecule has 1 aromatic heterocycles. The lowest BCUT2D eigenvalue weighted by atomic mass is 9.63. The normalized spacial score (nSPS) is 13.1. The van der Waals surface area contributed by atoms with Crippen LogP contribution in [0.1, 0.15) is 22.3 Å². The van der Waals surface area contributed by atoms with Crippen molar-refractivity contribution in [2.75, 3.05) is 0 Å². The van der Waals surface area contributed by atoms with Crippen molar-refractivity contribution < 1.29 is 4.74 Å². The Hall–Kier alpha value is -5.54. The fourth-order valence-corrected chi connectivity index (χ4v) is 6.37. The maximum atomic E-state index is 6.59. The molecule has 0 aliphatic carbocycles. The summed E-state index contributed by atoms with van der Waals surface area (Å²) in [6.07, 6.45) is 0. The number of ether oxygens (including phenoxy) is 1. The highest BCUT2D eigenvalue weighted by atomic mass is 16.5. The monoisotopic (exact) mass is 538 g/mol. The van der Waals surface area contributed by atoms with Gasteiger partial charge < -0.3 is 4.74 Å². The number of nitrogens with zero attached hydrogens (tertiary/aromatic N) is 2. The van der Waals surface area contributed by atoms with Crippen molar-refractivity contribution in [2.24, 2.45) is 0 Å². The number of aromatic nitrogens is 2. The summed E-state index contributed by atoms with van der Waals surface area (Å²) in [6, 6.07) is 54.7. The van der Waals surface area contributed by atoms with Gasteiger partial charge in [-0.2, -0.15) is 0 Å². The Labute approximate surface area is 244 Å². The summed E-state index contributed by atoms with van der Waals surface area (Å²) in [7, 11) is 0. The molecule has 0 spiro atoms. The van der Waals surface area contributed by atoms with Gasteiger partial charge in [-0.15, -0.1) is 0 Å². The van der Waals surface area contributed by atoms with Gasteiger partial charge in [-0.25, -0.2) is 9.97 Å². The number of hydrogen-bond donors (Lipinski definition) is 0. The third-order valence-corrected chi connectivity index (χ3v) is 8.22. The van der Waals surface area contributed by atoms with Gasteiger partial charge in [0.25, 0.3) is 0 Å². The average molecular weight is 539 g/mol. The molecule has 0 saturated heterocycles. The van der Waals surface area contributed by atoms with Crippen LogP contribution in [0.2, 0.25) is 0 Å². The van der Waals surface area contributed by atoms with Crippen molar-refractivity contribution in [3.8, 4) is 34.1 Å². The maximum absolute atomic E-state index is 6.59. The molecule has 42 heavy (non-hydrogen) atoms. The van der Waals surface area contributed by atoms with E-state index in [-0.39, 0.29) is 0 Å². The lowest BCUT2D eigenvalue weighted by Crippen LogP contribution is -2.34. The van der Waals surface area contributed by atoms with Crippen molar-refractivity contribution in [1.82, 2.24) is 9.97 Å². The number of para-hydroxylation sites is 2. The molecule has 2 heterocycles. The van der Waals surface area contributed by atoms with Crippen LogP contribution in [0.5, 0.6) is 11.5 Å². The van der Waals surface area contributed by atoms with Gasteiger partial charge in [0.2, 0.25) is 0 Å². The molecule has 0 saturated carbocycles. The highest BCUT2D eigenvalue weighted by Crippen LogP contribution is 2.55. The van der Waals surface area contributed by atoms with E-state index in [9.17, 15) is 0 Å². The van der Waals surface area contributed by atoms with E-state index in [1.807, 2.05) is 36.4 Å². The van der Waals surface area contributed by atoms with E-state index in [1.54, 1.807) is 0 Å². The number of hydrogen-bond acceptors (Lipinski definition) is 3. The first-order valence-corrected chi connectivity index (χ1v) is 14.2. The van der Waals surface area contributed by atoms with Crippen LogP contribution in [-0.2, 0) is 5.41 Å². The second-order valence-corrected chi connectivity index (χ2v) is 10.6. The Kier molecular flexibility index (Phi) is 5.68. The highest BCUT2D eigenvalue weighted by Gasteiger charge is 2.45. The van der Waals surface area contributed by atoms with Crippen LogP contribution in [0.3, 0.4) is 0 Å². The molecule has 0 atom stereocenters. The molecule has 0 bridgehead atoms. The molecular weight excluding hydrogens is 512 g/mol. The molecule has 0 radical (unpaired) electrons. The Morgan fingerprint density at radius 1 is 0.452 bits per heavy atom. The van der Waals surface area contributed by atoms with Crippen LogP contribution < -0.4 is 4.74 Å². The van der Waals surface area contributed by atoms with E-state index >= 15 is 0 Å². The predicted molar refractivity (Wildman–Crippen MR) is 169 cm³/mol. The fraction of sp³-hybridized carbons (Fsp3) is 0.0256. The van der Waals surface area contributed by atoms with Gasteiger partial charge >= 0.3 is 0 Å². The van der Waals surface area contributed by atoms with Crippen molar-refractivity contribution in [2.45, 2.75) is 5.41 Å². The summed E-state index contributed by atoms with van der Waals surface area (Å²) < 4.78 is 6.59. The molecule has 0 unspecified atom stereocenters. The van der Waals surface area contributed by atoms with Gasteiger partial charge in [-0.05, 0) is 41.5 Å². The maximum Gasteiger partial charge on any atom is 0.160 e. The molecule has 0 fully saturated rings. The Balaban J connectivity index is 1.43. The van der Waals surface area contributed by atoms with Crippen LogP contribution >= 0.6 is 0 Å². The van der Waals surface area contributed by atoms with Gasteiger partial charge in [0.1, 0.15) is 11.5 Å². The van der Waals surface area contributed by atoms with E-state index in [1.165, 1.54) is 11.1 Å². The Bertz CT molecular complexity index is 2010. The SMILES string of the molecule is c1ccc(-c2nc(-c3ccc4c(c3)C(c3ccccc3)(c3ccccc3)c3ccccc3O4)nc3ccccc23)cc1. The topological polar surface area (TPSA) is 35.0 Å². The van der Waals surface area contributed by atoms with Crippen molar-refractivity contribution in [3.05, 3.63) is 180 Å². The van der Waals surface area contributed by atoms with Crippen LogP contribution in [0, 0.1) is 0 Å². The molecule has 6 aromatic carbocycles. The zero-order valence-corrected chi connectivity index (χ0v) is 22.8. The molecule has 8 rings (SSSR count). The second-order valence-electron chi connectivity index (χ2n) is 10.6. The summed E-state index contributed by atoms with van der Waals surface area (Å²) in [5.41, 5.74) is 7.77. The summed E-state index contributed by atoms with van der Waals surface area (Å²) in [5, 5.41) is 1.03. The van der Waals surface area contributed by atoms with Gasteiger partial charge in [0.05, 0.1) is 16.6 Å². The van der Waals surface area contributed by atoms with Gasteiger partial charge in [0, 0.05) is 27.6 Å². The predicted octanol–water partition coefficient (Wildman–Crippen LogP) is 9.45. The first-order valence-electron chi connectivity index (χ1n) is 14.2. The third-order valence-electron chi connectivity index (χ3n) is 8.22. The average Bonchev–Trinajstić information content (AvgIpc) is 3.07. The van der Waals surface area contributed by atoms with Crippen molar-refractivity contribution in [1.29, 1.82) is 0 Å². The van der Waals surface area contributed by atoms with E-state index < -0.39 is 5.41 Å². The van der Waals surface area contributed by atoms with Crippen molar-refractivity contribution >= 4 is 10.9 Å². The highest BCUT2D eigenvalue weighted by molar-refractivity contribution is 5.93. The minimum Gasteiger partial charge on any atom is -0.457 e. The Morgan fingerprint density at radius 3 is 1.79 bits per heavy atom. The zero-order chi connectivity index (χ0) is 27.9. The number of fused-ring (bicyclic) bond motifs is 3. The van der Waals surface area contributed by atoms with E-state index in [0.29, 0.717) is 5.82 Å². The quantitative estimate of drug-likeness (QED) is 0.224. The molecule has 1 aliphatic rings. The third kappa shape index (κ3) is 3.75. The van der Waals surface area contributed by atoms with Gasteiger partial charge in [0.15, 0.2) is 5.82 Å². The first-order chi connectivity index (χ1) is 20.8. The van der Waals surface area contributed by atoms with E-state index in [2.05, 4.69) is 121 Å². The molecular formula is C39H26N2O. The summed E-state index contributed by atoms with van der Waals surface area (Å²) in [5.74, 6) is 2.37. The minimum atomic E-state index is -0.595. The number of benzene rings is 6. The molecule has 1 aliphatic heterocycles. The molecule has 3 heteroatoms. The molecule has 3 nitrogen and oxygen atoms in total. The smallest absolute Gasteiger partial charge is 0.160 e. The first kappa shape index (κ1) is 24.3. The van der Waals surface area contributed by atoms with Crippen LogP contribution in [-0.4, -0.2) is 9.97 Å².